The second-order valence-corrected chi connectivity index (χ2v) is 8.39. The van der Waals surface area contributed by atoms with Gasteiger partial charge in [0.05, 0.1) is 18.8 Å². The number of methoxy groups -OCH3 is 1. The van der Waals surface area contributed by atoms with Crippen molar-refractivity contribution >= 4 is 23.5 Å². The molecule has 2 N–H and O–H groups in total. The number of nitrogens with one attached hydrogen (secondary N) is 1. The molecule has 178 valence electrons. The van der Waals surface area contributed by atoms with Crippen LogP contribution in [-0.4, -0.2) is 54.1 Å². The van der Waals surface area contributed by atoms with Crippen molar-refractivity contribution < 1.29 is 19.4 Å². The molecule has 1 aromatic heterocycles. The van der Waals surface area contributed by atoms with Crippen molar-refractivity contribution in [1.82, 2.24) is 15.2 Å². The number of aliphatic hydroxyl groups is 1. The predicted molar refractivity (Wildman–Crippen MR) is 131 cm³/mol. The number of pyridine rings is 1. The van der Waals surface area contributed by atoms with Crippen LogP contribution in [0.15, 0.2) is 67.0 Å². The first kappa shape index (κ1) is 25.4. The fourth-order valence-electron chi connectivity index (χ4n) is 3.46. The molecular weight excluding hydrogens is 454 g/mol. The van der Waals surface area contributed by atoms with Crippen molar-refractivity contribution in [2.75, 3.05) is 27.2 Å². The first-order valence-electron chi connectivity index (χ1n) is 10.9. The van der Waals surface area contributed by atoms with Crippen LogP contribution < -0.4 is 5.32 Å². The van der Waals surface area contributed by atoms with Gasteiger partial charge in [-0.2, -0.15) is 0 Å². The van der Waals surface area contributed by atoms with Crippen molar-refractivity contribution in [3.05, 3.63) is 99.8 Å². The molecule has 0 fully saturated rings. The van der Waals surface area contributed by atoms with Crippen LogP contribution in [0.1, 0.15) is 43.5 Å². The van der Waals surface area contributed by atoms with E-state index in [1.807, 2.05) is 24.3 Å². The predicted octanol–water partition coefficient (Wildman–Crippen LogP) is 3.66. The van der Waals surface area contributed by atoms with Crippen LogP contribution in [0.2, 0.25) is 5.02 Å². The third-order valence-corrected chi connectivity index (χ3v) is 5.62. The van der Waals surface area contributed by atoms with Crippen LogP contribution in [0.4, 0.5) is 0 Å². The smallest absolute Gasteiger partial charge is 0.339 e. The minimum absolute atomic E-state index is 0.126. The molecule has 0 bridgehead atoms. The number of esters is 1. The normalized spacial score (nSPS) is 11.6. The van der Waals surface area contributed by atoms with E-state index < -0.39 is 12.1 Å². The molecule has 0 aliphatic carbocycles. The molecule has 0 saturated heterocycles. The zero-order valence-corrected chi connectivity index (χ0v) is 20.0. The van der Waals surface area contributed by atoms with Gasteiger partial charge in [-0.3, -0.25) is 9.78 Å². The van der Waals surface area contributed by atoms with Crippen molar-refractivity contribution in [1.29, 1.82) is 0 Å². The molecule has 8 heteroatoms. The van der Waals surface area contributed by atoms with Gasteiger partial charge in [0.1, 0.15) is 0 Å². The van der Waals surface area contributed by atoms with Gasteiger partial charge in [-0.25, -0.2) is 4.79 Å². The number of aromatic nitrogens is 1. The molecule has 0 aliphatic rings. The Hall–Kier alpha value is -3.26. The third-order valence-electron chi connectivity index (χ3n) is 5.37. The number of ether oxygens (including phenoxy) is 1. The Labute approximate surface area is 204 Å². The molecule has 3 aromatic rings. The number of halogens is 1. The van der Waals surface area contributed by atoms with Crippen LogP contribution in [-0.2, 0) is 17.7 Å². The van der Waals surface area contributed by atoms with E-state index >= 15 is 0 Å². The van der Waals surface area contributed by atoms with E-state index in [-0.39, 0.29) is 5.91 Å². The number of amides is 1. The lowest BCUT2D eigenvalue weighted by Gasteiger charge is -2.18. The average Bonchev–Trinajstić information content (AvgIpc) is 2.86. The van der Waals surface area contributed by atoms with Crippen molar-refractivity contribution in [2.24, 2.45) is 0 Å². The van der Waals surface area contributed by atoms with E-state index in [2.05, 4.69) is 10.3 Å². The summed E-state index contributed by atoms with van der Waals surface area (Å²) in [6, 6.07) is 16.3. The number of benzene rings is 2. The summed E-state index contributed by atoms with van der Waals surface area (Å²) in [6.07, 6.45) is 3.22. The zero-order chi connectivity index (χ0) is 24.5. The Morgan fingerprint density at radius 2 is 1.76 bits per heavy atom. The first-order chi connectivity index (χ1) is 16.4. The molecule has 34 heavy (non-hydrogen) atoms. The monoisotopic (exact) mass is 481 g/mol. The fourth-order valence-corrected chi connectivity index (χ4v) is 3.58. The molecule has 0 aliphatic heterocycles. The number of aliphatic hydroxyl groups excluding tert-OH is 1. The van der Waals surface area contributed by atoms with Gasteiger partial charge in [-0.1, -0.05) is 35.9 Å². The highest BCUT2D eigenvalue weighted by Gasteiger charge is 2.14. The topological polar surface area (TPSA) is 91.8 Å². The number of hydrogen-bond acceptors (Lipinski definition) is 6. The molecule has 2 aromatic carbocycles. The lowest BCUT2D eigenvalue weighted by Crippen LogP contribution is -2.26. The second kappa shape index (κ2) is 12.3. The molecule has 1 amide bonds. The SMILES string of the molecule is COC(=O)c1cncc(CN(C)C(=O)c2ccc(CCNC[C@H](O)c3ccc(Cl)cc3)cc2)c1. The second-order valence-electron chi connectivity index (χ2n) is 7.95. The molecule has 0 saturated carbocycles. The summed E-state index contributed by atoms with van der Waals surface area (Å²) in [7, 11) is 3.02. The van der Waals surface area contributed by atoms with E-state index in [1.54, 1.807) is 48.5 Å². The van der Waals surface area contributed by atoms with Gasteiger partial charge in [-0.05, 0) is 60.0 Å². The van der Waals surface area contributed by atoms with E-state index in [0.717, 1.165) is 23.1 Å². The molecule has 7 nitrogen and oxygen atoms in total. The highest BCUT2D eigenvalue weighted by atomic mass is 35.5. The number of rotatable bonds is 10. The highest BCUT2D eigenvalue weighted by molar-refractivity contribution is 6.30. The van der Waals surface area contributed by atoms with Gasteiger partial charge in [0, 0.05) is 43.1 Å². The number of carbonyl (C=O) groups excluding carboxylic acids is 2. The highest BCUT2D eigenvalue weighted by Crippen LogP contribution is 2.16. The summed E-state index contributed by atoms with van der Waals surface area (Å²) in [4.78, 5) is 30.1. The quantitative estimate of drug-likeness (QED) is 0.339. The summed E-state index contributed by atoms with van der Waals surface area (Å²) in [6.45, 7) is 1.45. The van der Waals surface area contributed by atoms with Crippen LogP contribution in [0.25, 0.3) is 0 Å². The fraction of sp³-hybridized carbons (Fsp3) is 0.269. The lowest BCUT2D eigenvalue weighted by atomic mass is 10.1. The van der Waals surface area contributed by atoms with Crippen molar-refractivity contribution in [3.63, 3.8) is 0 Å². The number of hydrogen-bond donors (Lipinski definition) is 2. The summed E-state index contributed by atoms with van der Waals surface area (Å²) in [5.74, 6) is -0.591. The van der Waals surface area contributed by atoms with Crippen molar-refractivity contribution in [2.45, 2.75) is 19.1 Å². The summed E-state index contributed by atoms with van der Waals surface area (Å²) in [5.41, 5.74) is 3.57. The maximum Gasteiger partial charge on any atom is 0.339 e. The Morgan fingerprint density at radius 3 is 2.44 bits per heavy atom. The number of nitrogens with zero attached hydrogens (tertiary/aromatic N) is 2. The summed E-state index contributed by atoms with van der Waals surface area (Å²) in [5, 5.41) is 14.1. The van der Waals surface area contributed by atoms with E-state index in [0.29, 0.717) is 35.8 Å². The summed E-state index contributed by atoms with van der Waals surface area (Å²) >= 11 is 5.88. The van der Waals surface area contributed by atoms with Crippen LogP contribution in [0, 0.1) is 0 Å². The van der Waals surface area contributed by atoms with E-state index in [4.69, 9.17) is 16.3 Å². The molecule has 0 radical (unpaired) electrons. The average molecular weight is 482 g/mol. The Morgan fingerprint density at radius 1 is 1.06 bits per heavy atom. The number of carbonyl (C=O) groups is 2. The molecule has 0 unspecified atom stereocenters. The van der Waals surface area contributed by atoms with Gasteiger partial charge in [0.25, 0.3) is 5.91 Å². The van der Waals surface area contributed by atoms with Gasteiger partial charge in [0.2, 0.25) is 0 Å². The van der Waals surface area contributed by atoms with E-state index in [9.17, 15) is 14.7 Å². The van der Waals surface area contributed by atoms with Crippen LogP contribution in [0.3, 0.4) is 0 Å². The molecule has 3 rings (SSSR count). The molecule has 1 atom stereocenters. The van der Waals surface area contributed by atoms with Gasteiger partial charge < -0.3 is 20.1 Å². The lowest BCUT2D eigenvalue weighted by molar-refractivity contribution is 0.0600. The van der Waals surface area contributed by atoms with Gasteiger partial charge in [-0.15, -0.1) is 0 Å². The van der Waals surface area contributed by atoms with Crippen molar-refractivity contribution in [3.8, 4) is 0 Å². The third kappa shape index (κ3) is 7.12. The summed E-state index contributed by atoms with van der Waals surface area (Å²) < 4.78 is 4.71. The largest absolute Gasteiger partial charge is 0.465 e. The molecule has 0 spiro atoms. The molecular formula is C26H28ClN3O4. The van der Waals surface area contributed by atoms with E-state index in [1.165, 1.54) is 13.3 Å². The van der Waals surface area contributed by atoms with Gasteiger partial charge >= 0.3 is 5.97 Å². The zero-order valence-electron chi connectivity index (χ0n) is 19.2. The maximum atomic E-state index is 12.8. The van der Waals surface area contributed by atoms with Crippen LogP contribution >= 0.6 is 11.6 Å². The Kier molecular flexibility index (Phi) is 9.16. The minimum atomic E-state index is -0.601. The maximum absolute atomic E-state index is 12.8. The Balaban J connectivity index is 1.47. The standard InChI is InChI=1S/C26H28ClN3O4/c1-30(17-19-13-22(15-29-14-19)26(33)34-2)25(32)21-5-3-18(4-6-21)11-12-28-16-24(31)20-7-9-23(27)10-8-20/h3-10,13-15,24,28,31H,11-12,16-17H2,1-2H3/t24-/m0/s1. The first-order valence-corrected chi connectivity index (χ1v) is 11.3. The Bertz CT molecular complexity index is 1100. The van der Waals surface area contributed by atoms with Crippen LogP contribution in [0.5, 0.6) is 0 Å². The molecule has 1 heterocycles. The minimum Gasteiger partial charge on any atom is -0.465 e. The van der Waals surface area contributed by atoms with Gasteiger partial charge in [0.15, 0.2) is 0 Å².